The largest absolute Gasteiger partial charge is 0.455 e. The molecule has 28 heavy (non-hydrogen) atoms. The summed E-state index contributed by atoms with van der Waals surface area (Å²) in [7, 11) is 0. The van der Waals surface area contributed by atoms with Crippen molar-refractivity contribution >= 4 is 34.4 Å². The summed E-state index contributed by atoms with van der Waals surface area (Å²) in [6.07, 6.45) is -0.131. The number of thioether (sulfide) groups is 1. The van der Waals surface area contributed by atoms with E-state index in [0.717, 1.165) is 10.6 Å². The predicted octanol–water partition coefficient (Wildman–Crippen LogP) is 1.92. The summed E-state index contributed by atoms with van der Waals surface area (Å²) in [4.78, 5) is 36.7. The number of aromatic nitrogens is 2. The number of aromatic amines is 1. The topological polar surface area (TPSA) is 101 Å². The zero-order valence-corrected chi connectivity index (χ0v) is 15.8. The number of nitrogens with zero attached hydrogens (tertiary/aromatic N) is 1. The number of hydrogen-bond acceptors (Lipinski definition) is 6. The van der Waals surface area contributed by atoms with Crippen LogP contribution in [-0.2, 0) is 20.7 Å². The van der Waals surface area contributed by atoms with Crippen molar-refractivity contribution in [1.29, 1.82) is 0 Å². The smallest absolute Gasteiger partial charge is 0.312 e. The van der Waals surface area contributed by atoms with Gasteiger partial charge in [0.1, 0.15) is 0 Å². The van der Waals surface area contributed by atoms with Crippen molar-refractivity contribution in [2.24, 2.45) is 0 Å². The second kappa shape index (κ2) is 9.70. The standard InChI is InChI=1S/C20H19N3O4S/c24-18(21-10-11-28-14-6-2-1-3-7-14)13-27-19(25)12-17-15-8-4-5-9-16(15)20(26)23-22-17/h1-9H,10-13H2,(H,21,24)(H,23,26). The fourth-order valence-electron chi connectivity index (χ4n) is 2.57. The molecule has 0 unspecified atom stereocenters. The minimum atomic E-state index is -0.585. The Morgan fingerprint density at radius 2 is 1.75 bits per heavy atom. The van der Waals surface area contributed by atoms with Crippen LogP contribution in [0.15, 0.2) is 64.3 Å². The van der Waals surface area contributed by atoms with Crippen LogP contribution in [0.5, 0.6) is 0 Å². The van der Waals surface area contributed by atoms with Gasteiger partial charge >= 0.3 is 5.97 Å². The number of carbonyl (C=O) groups excluding carboxylic acids is 2. The van der Waals surface area contributed by atoms with Gasteiger partial charge in [-0.15, -0.1) is 11.8 Å². The van der Waals surface area contributed by atoms with Crippen LogP contribution in [0.4, 0.5) is 0 Å². The first-order valence-corrected chi connectivity index (χ1v) is 9.68. The third-order valence-electron chi connectivity index (χ3n) is 3.89. The molecule has 0 radical (unpaired) electrons. The molecule has 0 bridgehead atoms. The van der Waals surface area contributed by atoms with Gasteiger partial charge in [-0.25, -0.2) is 5.10 Å². The molecule has 0 atom stereocenters. The normalized spacial score (nSPS) is 10.6. The van der Waals surface area contributed by atoms with Gasteiger partial charge in [0.2, 0.25) is 0 Å². The summed E-state index contributed by atoms with van der Waals surface area (Å²) in [5, 5.41) is 10.0. The number of ether oxygens (including phenoxy) is 1. The first-order chi connectivity index (χ1) is 13.6. The maximum atomic E-state index is 12.0. The molecule has 0 aliphatic heterocycles. The Hall–Kier alpha value is -3.13. The summed E-state index contributed by atoms with van der Waals surface area (Å²) < 4.78 is 5.01. The van der Waals surface area contributed by atoms with Crippen LogP contribution >= 0.6 is 11.8 Å². The number of fused-ring (bicyclic) bond motifs is 1. The molecule has 0 saturated heterocycles. The van der Waals surface area contributed by atoms with Crippen molar-refractivity contribution in [2.75, 3.05) is 18.9 Å². The highest BCUT2D eigenvalue weighted by molar-refractivity contribution is 7.99. The van der Waals surface area contributed by atoms with Crippen LogP contribution in [-0.4, -0.2) is 41.0 Å². The zero-order chi connectivity index (χ0) is 19.8. The first kappa shape index (κ1) is 19.6. The average Bonchev–Trinajstić information content (AvgIpc) is 2.73. The third kappa shape index (κ3) is 5.43. The zero-order valence-electron chi connectivity index (χ0n) is 15.0. The molecule has 0 spiro atoms. The van der Waals surface area contributed by atoms with Gasteiger partial charge in [0.15, 0.2) is 6.61 Å². The van der Waals surface area contributed by atoms with Gasteiger partial charge in [-0.1, -0.05) is 36.4 Å². The first-order valence-electron chi connectivity index (χ1n) is 8.70. The van der Waals surface area contributed by atoms with E-state index in [9.17, 15) is 14.4 Å². The monoisotopic (exact) mass is 397 g/mol. The fraction of sp³-hybridized carbons (Fsp3) is 0.200. The van der Waals surface area contributed by atoms with Gasteiger partial charge < -0.3 is 10.1 Å². The van der Waals surface area contributed by atoms with Gasteiger partial charge in [0.05, 0.1) is 17.5 Å². The SMILES string of the molecule is O=C(COC(=O)Cc1n[nH]c(=O)c2ccccc12)NCCSc1ccccc1. The quantitative estimate of drug-likeness (QED) is 0.342. The number of H-pyrrole nitrogens is 1. The lowest BCUT2D eigenvalue weighted by molar-refractivity contribution is -0.147. The van der Waals surface area contributed by atoms with Gasteiger partial charge in [-0.05, 0) is 18.2 Å². The number of esters is 1. The van der Waals surface area contributed by atoms with Crippen LogP contribution in [0, 0.1) is 0 Å². The molecule has 1 heterocycles. The third-order valence-corrected chi connectivity index (χ3v) is 4.90. The fourth-order valence-corrected chi connectivity index (χ4v) is 3.36. The Bertz CT molecular complexity index is 1020. The molecule has 0 fully saturated rings. The maximum Gasteiger partial charge on any atom is 0.312 e. The highest BCUT2D eigenvalue weighted by atomic mass is 32.2. The van der Waals surface area contributed by atoms with Crippen LogP contribution in [0.2, 0.25) is 0 Å². The molecular formula is C20H19N3O4S. The molecule has 0 aliphatic carbocycles. The average molecular weight is 397 g/mol. The molecule has 0 saturated carbocycles. The Morgan fingerprint density at radius 3 is 2.54 bits per heavy atom. The summed E-state index contributed by atoms with van der Waals surface area (Å²) in [6.45, 7) is 0.123. The number of benzene rings is 2. The number of amides is 1. The van der Waals surface area contributed by atoms with Crippen molar-refractivity contribution < 1.29 is 14.3 Å². The lowest BCUT2D eigenvalue weighted by Gasteiger charge is -2.07. The summed E-state index contributed by atoms with van der Waals surface area (Å²) in [5.74, 6) is -0.225. The highest BCUT2D eigenvalue weighted by Gasteiger charge is 2.13. The van der Waals surface area contributed by atoms with Crippen LogP contribution in [0.3, 0.4) is 0 Å². The second-order valence-electron chi connectivity index (χ2n) is 5.89. The minimum Gasteiger partial charge on any atom is -0.455 e. The van der Waals surface area contributed by atoms with E-state index < -0.39 is 5.97 Å². The lowest BCUT2D eigenvalue weighted by atomic mass is 10.1. The van der Waals surface area contributed by atoms with E-state index >= 15 is 0 Å². The number of carbonyl (C=O) groups is 2. The van der Waals surface area contributed by atoms with E-state index in [0.29, 0.717) is 23.0 Å². The second-order valence-corrected chi connectivity index (χ2v) is 7.06. The molecule has 3 rings (SSSR count). The molecule has 2 N–H and O–H groups in total. The summed E-state index contributed by atoms with van der Waals surface area (Å²) in [6, 6.07) is 16.8. The van der Waals surface area contributed by atoms with Crippen molar-refractivity contribution in [3.8, 4) is 0 Å². The van der Waals surface area contributed by atoms with E-state index in [2.05, 4.69) is 15.5 Å². The summed E-state index contributed by atoms with van der Waals surface area (Å²) in [5.41, 5.74) is 0.0836. The Labute approximate surface area is 165 Å². The molecule has 7 nitrogen and oxygen atoms in total. The molecule has 1 amide bonds. The molecule has 2 aromatic carbocycles. The Kier molecular flexibility index (Phi) is 6.80. The molecule has 8 heteroatoms. The van der Waals surface area contributed by atoms with Gasteiger partial charge in [0.25, 0.3) is 11.5 Å². The molecule has 3 aromatic rings. The Balaban J connectivity index is 1.42. The highest BCUT2D eigenvalue weighted by Crippen LogP contribution is 2.15. The van der Waals surface area contributed by atoms with Crippen LogP contribution < -0.4 is 10.9 Å². The minimum absolute atomic E-state index is 0.131. The summed E-state index contributed by atoms with van der Waals surface area (Å²) >= 11 is 1.63. The molecule has 1 aromatic heterocycles. The van der Waals surface area contributed by atoms with Gasteiger partial charge in [-0.3, -0.25) is 14.4 Å². The molecule has 144 valence electrons. The number of rotatable bonds is 8. The van der Waals surface area contributed by atoms with Crippen LogP contribution in [0.1, 0.15) is 5.69 Å². The maximum absolute atomic E-state index is 12.0. The Morgan fingerprint density at radius 1 is 1.04 bits per heavy atom. The van der Waals surface area contributed by atoms with Crippen molar-refractivity contribution in [2.45, 2.75) is 11.3 Å². The van der Waals surface area contributed by atoms with Crippen LogP contribution in [0.25, 0.3) is 10.8 Å². The molecular weight excluding hydrogens is 378 g/mol. The van der Waals surface area contributed by atoms with E-state index in [1.54, 1.807) is 36.0 Å². The van der Waals surface area contributed by atoms with E-state index in [1.165, 1.54) is 0 Å². The van der Waals surface area contributed by atoms with Crippen molar-refractivity contribution in [1.82, 2.24) is 15.5 Å². The lowest BCUT2D eigenvalue weighted by Crippen LogP contribution is -2.30. The number of hydrogen-bond donors (Lipinski definition) is 2. The molecule has 0 aliphatic rings. The van der Waals surface area contributed by atoms with E-state index in [1.807, 2.05) is 30.3 Å². The van der Waals surface area contributed by atoms with Gasteiger partial charge in [0, 0.05) is 22.6 Å². The van der Waals surface area contributed by atoms with E-state index in [-0.39, 0.29) is 24.5 Å². The predicted molar refractivity (Wildman–Crippen MR) is 107 cm³/mol. The van der Waals surface area contributed by atoms with Crippen molar-refractivity contribution in [3.63, 3.8) is 0 Å². The van der Waals surface area contributed by atoms with Gasteiger partial charge in [-0.2, -0.15) is 5.10 Å². The number of nitrogens with one attached hydrogen (secondary N) is 2. The van der Waals surface area contributed by atoms with Crippen molar-refractivity contribution in [3.05, 3.63) is 70.6 Å². The van der Waals surface area contributed by atoms with E-state index in [4.69, 9.17) is 4.74 Å².